The SMILES string of the molecule is Cc1ccc(/C=N/NC(=O)Cc2ccc(F)cc2)cc1. The number of rotatable bonds is 4. The average molecular weight is 270 g/mol. The molecule has 0 saturated carbocycles. The third kappa shape index (κ3) is 4.31. The van der Waals surface area contributed by atoms with Gasteiger partial charge in [0.15, 0.2) is 0 Å². The lowest BCUT2D eigenvalue weighted by atomic mass is 10.1. The van der Waals surface area contributed by atoms with Crippen molar-refractivity contribution < 1.29 is 9.18 Å². The first-order valence-electron chi connectivity index (χ1n) is 6.26. The average Bonchev–Trinajstić information content (AvgIpc) is 2.44. The summed E-state index contributed by atoms with van der Waals surface area (Å²) in [6.45, 7) is 2.01. The molecule has 0 fully saturated rings. The molecule has 0 bridgehead atoms. The van der Waals surface area contributed by atoms with E-state index in [9.17, 15) is 9.18 Å². The Morgan fingerprint density at radius 3 is 2.45 bits per heavy atom. The summed E-state index contributed by atoms with van der Waals surface area (Å²) in [6, 6.07) is 13.6. The van der Waals surface area contributed by atoms with Crippen LogP contribution in [0, 0.1) is 12.7 Å². The van der Waals surface area contributed by atoms with Crippen molar-refractivity contribution in [2.75, 3.05) is 0 Å². The molecule has 2 aromatic carbocycles. The Morgan fingerprint density at radius 2 is 1.80 bits per heavy atom. The smallest absolute Gasteiger partial charge is 0.244 e. The van der Waals surface area contributed by atoms with Crippen LogP contribution in [-0.2, 0) is 11.2 Å². The fourth-order valence-corrected chi connectivity index (χ4v) is 1.66. The van der Waals surface area contributed by atoms with Gasteiger partial charge in [0, 0.05) is 0 Å². The molecule has 0 atom stereocenters. The molecule has 0 aliphatic rings. The molecule has 0 radical (unpaired) electrons. The van der Waals surface area contributed by atoms with E-state index < -0.39 is 0 Å². The zero-order valence-corrected chi connectivity index (χ0v) is 11.1. The number of hydrogen-bond donors (Lipinski definition) is 1. The Hall–Kier alpha value is -2.49. The Morgan fingerprint density at radius 1 is 1.15 bits per heavy atom. The van der Waals surface area contributed by atoms with Crippen LogP contribution < -0.4 is 5.43 Å². The molecule has 102 valence electrons. The first kappa shape index (κ1) is 13.9. The number of benzene rings is 2. The third-order valence-electron chi connectivity index (χ3n) is 2.76. The minimum absolute atomic E-state index is 0.172. The first-order valence-corrected chi connectivity index (χ1v) is 6.26. The van der Waals surface area contributed by atoms with Crippen molar-refractivity contribution in [2.24, 2.45) is 5.10 Å². The van der Waals surface area contributed by atoms with E-state index in [4.69, 9.17) is 0 Å². The summed E-state index contributed by atoms with van der Waals surface area (Å²) in [6.07, 6.45) is 1.76. The van der Waals surface area contributed by atoms with Gasteiger partial charge in [-0.2, -0.15) is 5.10 Å². The highest BCUT2D eigenvalue weighted by atomic mass is 19.1. The second-order valence-corrected chi connectivity index (χ2v) is 4.51. The minimum atomic E-state index is -0.313. The van der Waals surface area contributed by atoms with Gasteiger partial charge in [-0.1, -0.05) is 42.0 Å². The van der Waals surface area contributed by atoms with Crippen molar-refractivity contribution in [2.45, 2.75) is 13.3 Å². The molecule has 0 aliphatic heterocycles. The fourth-order valence-electron chi connectivity index (χ4n) is 1.66. The lowest BCUT2D eigenvalue weighted by Gasteiger charge is -2.00. The molecule has 2 rings (SSSR count). The predicted molar refractivity (Wildman–Crippen MR) is 77.0 cm³/mol. The third-order valence-corrected chi connectivity index (χ3v) is 2.76. The van der Waals surface area contributed by atoms with Gasteiger partial charge in [0.25, 0.3) is 0 Å². The largest absolute Gasteiger partial charge is 0.273 e. The summed E-state index contributed by atoms with van der Waals surface area (Å²) in [7, 11) is 0. The van der Waals surface area contributed by atoms with Crippen molar-refractivity contribution in [3.63, 3.8) is 0 Å². The lowest BCUT2D eigenvalue weighted by Crippen LogP contribution is -2.19. The molecule has 0 saturated heterocycles. The quantitative estimate of drug-likeness (QED) is 0.673. The number of aryl methyl sites for hydroxylation is 1. The van der Waals surface area contributed by atoms with E-state index in [1.54, 1.807) is 18.3 Å². The molecule has 0 spiro atoms. The van der Waals surface area contributed by atoms with Crippen LogP contribution in [0.25, 0.3) is 0 Å². The molecular weight excluding hydrogens is 255 g/mol. The normalized spacial score (nSPS) is 10.7. The van der Waals surface area contributed by atoms with Gasteiger partial charge in [-0.15, -0.1) is 0 Å². The van der Waals surface area contributed by atoms with Crippen LogP contribution in [0.2, 0.25) is 0 Å². The summed E-state index contributed by atoms with van der Waals surface area (Å²) in [5, 5.41) is 3.89. The monoisotopic (exact) mass is 270 g/mol. The van der Waals surface area contributed by atoms with Gasteiger partial charge >= 0.3 is 0 Å². The summed E-state index contributed by atoms with van der Waals surface area (Å²) in [5.74, 6) is -0.550. The van der Waals surface area contributed by atoms with Crippen LogP contribution in [0.15, 0.2) is 53.6 Å². The fraction of sp³-hybridized carbons (Fsp3) is 0.125. The van der Waals surface area contributed by atoms with Crippen molar-refractivity contribution in [1.29, 1.82) is 0 Å². The van der Waals surface area contributed by atoms with Crippen molar-refractivity contribution in [3.8, 4) is 0 Å². The summed E-state index contributed by atoms with van der Waals surface area (Å²) in [4.78, 5) is 11.6. The van der Waals surface area contributed by atoms with Crippen LogP contribution in [-0.4, -0.2) is 12.1 Å². The Bertz CT molecular complexity index is 603. The van der Waals surface area contributed by atoms with Crippen molar-refractivity contribution in [3.05, 3.63) is 71.0 Å². The number of carbonyl (C=O) groups excluding carboxylic acids is 1. The number of hydrazone groups is 1. The van der Waals surface area contributed by atoms with Crippen LogP contribution in [0.5, 0.6) is 0 Å². The highest BCUT2D eigenvalue weighted by Gasteiger charge is 2.01. The molecule has 1 amide bonds. The van der Waals surface area contributed by atoms with Gasteiger partial charge in [-0.3, -0.25) is 4.79 Å². The first-order chi connectivity index (χ1) is 9.63. The Balaban J connectivity index is 1.85. The summed E-state index contributed by atoms with van der Waals surface area (Å²) in [5.41, 5.74) is 5.27. The zero-order valence-electron chi connectivity index (χ0n) is 11.1. The maximum absolute atomic E-state index is 12.7. The van der Waals surface area contributed by atoms with Gasteiger partial charge in [0.05, 0.1) is 12.6 Å². The topological polar surface area (TPSA) is 41.5 Å². The highest BCUT2D eigenvalue weighted by molar-refractivity contribution is 5.83. The molecule has 4 heteroatoms. The maximum atomic E-state index is 12.7. The number of carbonyl (C=O) groups is 1. The van der Waals surface area contributed by atoms with Crippen LogP contribution in [0.3, 0.4) is 0 Å². The van der Waals surface area contributed by atoms with E-state index in [1.807, 2.05) is 31.2 Å². The molecule has 2 aromatic rings. The second kappa shape index (κ2) is 6.61. The van der Waals surface area contributed by atoms with Gasteiger partial charge in [-0.25, -0.2) is 9.82 Å². The Labute approximate surface area is 117 Å². The maximum Gasteiger partial charge on any atom is 0.244 e. The van der Waals surface area contributed by atoms with Gasteiger partial charge in [0.1, 0.15) is 5.82 Å². The molecule has 0 aromatic heterocycles. The molecule has 20 heavy (non-hydrogen) atoms. The molecule has 3 nitrogen and oxygen atoms in total. The molecule has 0 heterocycles. The molecular formula is C16H15FN2O. The lowest BCUT2D eigenvalue weighted by molar-refractivity contribution is -0.120. The molecule has 1 N–H and O–H groups in total. The van der Waals surface area contributed by atoms with E-state index in [2.05, 4.69) is 10.5 Å². The van der Waals surface area contributed by atoms with E-state index in [1.165, 1.54) is 17.7 Å². The van der Waals surface area contributed by atoms with Crippen LogP contribution >= 0.6 is 0 Å². The van der Waals surface area contributed by atoms with E-state index in [-0.39, 0.29) is 18.1 Å². The summed E-state index contributed by atoms with van der Waals surface area (Å²) < 4.78 is 12.7. The zero-order chi connectivity index (χ0) is 14.4. The number of nitrogens with one attached hydrogen (secondary N) is 1. The van der Waals surface area contributed by atoms with Crippen LogP contribution in [0.4, 0.5) is 4.39 Å². The van der Waals surface area contributed by atoms with Crippen LogP contribution in [0.1, 0.15) is 16.7 Å². The van der Waals surface area contributed by atoms with Gasteiger partial charge in [-0.05, 0) is 30.2 Å². The van der Waals surface area contributed by atoms with E-state index in [0.29, 0.717) is 0 Å². The number of hydrogen-bond acceptors (Lipinski definition) is 2. The Kier molecular flexibility index (Phi) is 4.60. The second-order valence-electron chi connectivity index (χ2n) is 4.51. The van der Waals surface area contributed by atoms with Gasteiger partial charge < -0.3 is 0 Å². The highest BCUT2D eigenvalue weighted by Crippen LogP contribution is 2.03. The van der Waals surface area contributed by atoms with Crippen molar-refractivity contribution in [1.82, 2.24) is 5.43 Å². The van der Waals surface area contributed by atoms with Crippen molar-refractivity contribution >= 4 is 12.1 Å². The standard InChI is InChI=1S/C16H15FN2O/c1-12-2-4-14(5-3-12)11-18-19-16(20)10-13-6-8-15(17)9-7-13/h2-9,11H,10H2,1H3,(H,19,20)/b18-11+. The molecule has 0 unspecified atom stereocenters. The number of amides is 1. The minimum Gasteiger partial charge on any atom is -0.273 e. The van der Waals surface area contributed by atoms with E-state index in [0.717, 1.165) is 11.1 Å². The van der Waals surface area contributed by atoms with Gasteiger partial charge in [0.2, 0.25) is 5.91 Å². The summed E-state index contributed by atoms with van der Waals surface area (Å²) >= 11 is 0. The van der Waals surface area contributed by atoms with E-state index >= 15 is 0 Å². The number of halogens is 1. The predicted octanol–water partition coefficient (Wildman–Crippen LogP) is 2.83. The molecule has 0 aliphatic carbocycles. The number of nitrogens with zero attached hydrogens (tertiary/aromatic N) is 1.